The quantitative estimate of drug-likeness (QED) is 0.650. The summed E-state index contributed by atoms with van der Waals surface area (Å²) in [5.41, 5.74) is 4.50. The first kappa shape index (κ1) is 17.9. The summed E-state index contributed by atoms with van der Waals surface area (Å²) < 4.78 is 10.4. The molecule has 2 atom stereocenters. The van der Waals surface area contributed by atoms with Crippen LogP contribution in [-0.4, -0.2) is 14.2 Å². The molecule has 2 aromatic rings. The fourth-order valence-electron chi connectivity index (χ4n) is 2.74. The van der Waals surface area contributed by atoms with Gasteiger partial charge in [-0.1, -0.05) is 51.3 Å². The molecule has 0 radical (unpaired) electrons. The molecular formula is C22H26O2. The molecule has 2 heteroatoms. The highest BCUT2D eigenvalue weighted by atomic mass is 16.5. The first-order valence-electron chi connectivity index (χ1n) is 8.14. The van der Waals surface area contributed by atoms with E-state index in [2.05, 4.69) is 51.3 Å². The lowest BCUT2D eigenvalue weighted by Crippen LogP contribution is -2.11. The maximum atomic E-state index is 5.22. The summed E-state index contributed by atoms with van der Waals surface area (Å²) in [6.07, 6.45) is 0. The van der Waals surface area contributed by atoms with Crippen LogP contribution in [0.2, 0.25) is 0 Å². The number of methoxy groups -OCH3 is 2. The normalized spacial score (nSPS) is 13.0. The molecular weight excluding hydrogens is 296 g/mol. The van der Waals surface area contributed by atoms with Gasteiger partial charge in [-0.05, 0) is 58.4 Å². The number of hydrogen-bond acceptors (Lipinski definition) is 2. The van der Waals surface area contributed by atoms with Gasteiger partial charge in [-0.3, -0.25) is 0 Å². The minimum atomic E-state index is 0.285. The molecule has 2 rings (SSSR count). The molecule has 0 unspecified atom stereocenters. The fraction of sp³-hybridized carbons (Fsp3) is 0.273. The van der Waals surface area contributed by atoms with Gasteiger partial charge in [0.1, 0.15) is 11.5 Å². The van der Waals surface area contributed by atoms with Gasteiger partial charge in [0.15, 0.2) is 0 Å². The van der Waals surface area contributed by atoms with E-state index in [1.807, 2.05) is 24.3 Å². The monoisotopic (exact) mass is 322 g/mol. The van der Waals surface area contributed by atoms with Crippen LogP contribution < -0.4 is 9.47 Å². The number of allylic oxidation sites excluding steroid dienone is 2. The molecule has 0 amide bonds. The maximum absolute atomic E-state index is 5.22. The largest absolute Gasteiger partial charge is 0.497 e. The van der Waals surface area contributed by atoms with Crippen LogP contribution in [0.1, 0.15) is 25.0 Å². The van der Waals surface area contributed by atoms with Gasteiger partial charge in [-0.25, -0.2) is 0 Å². The molecule has 24 heavy (non-hydrogen) atoms. The second kappa shape index (κ2) is 7.87. The van der Waals surface area contributed by atoms with Gasteiger partial charge in [0.2, 0.25) is 0 Å². The Morgan fingerprint density at radius 3 is 1.21 bits per heavy atom. The predicted octanol–water partition coefficient (Wildman–Crippen LogP) is 5.70. The molecule has 0 aliphatic heterocycles. The lowest BCUT2D eigenvalue weighted by atomic mass is 9.80. The molecule has 0 spiro atoms. The summed E-state index contributed by atoms with van der Waals surface area (Å²) in [6.45, 7) is 13.0. The molecule has 0 heterocycles. The van der Waals surface area contributed by atoms with Gasteiger partial charge in [0.25, 0.3) is 0 Å². The Kier molecular flexibility index (Phi) is 5.86. The zero-order valence-corrected chi connectivity index (χ0v) is 15.0. The Balaban J connectivity index is 2.12. The van der Waals surface area contributed by atoms with Crippen molar-refractivity contribution in [2.45, 2.75) is 13.8 Å². The van der Waals surface area contributed by atoms with E-state index in [1.165, 1.54) is 0 Å². The van der Waals surface area contributed by atoms with Crippen LogP contribution in [0.15, 0.2) is 61.7 Å². The van der Waals surface area contributed by atoms with Crippen LogP contribution in [0.3, 0.4) is 0 Å². The number of hydrogen-bond donors (Lipinski definition) is 0. The maximum Gasteiger partial charge on any atom is 0.118 e. The average Bonchev–Trinajstić information content (AvgIpc) is 2.65. The van der Waals surface area contributed by atoms with Gasteiger partial charge in [-0.15, -0.1) is 0 Å². The van der Waals surface area contributed by atoms with Crippen LogP contribution in [0.5, 0.6) is 11.5 Å². The summed E-state index contributed by atoms with van der Waals surface area (Å²) >= 11 is 0. The van der Waals surface area contributed by atoms with E-state index in [4.69, 9.17) is 9.47 Å². The molecule has 0 aliphatic carbocycles. The molecule has 0 fully saturated rings. The van der Waals surface area contributed by atoms with Crippen molar-refractivity contribution in [1.29, 1.82) is 0 Å². The Hall–Kier alpha value is -2.48. The fourth-order valence-corrected chi connectivity index (χ4v) is 2.74. The Morgan fingerprint density at radius 2 is 0.958 bits per heavy atom. The van der Waals surface area contributed by atoms with E-state index < -0.39 is 0 Å². The van der Waals surface area contributed by atoms with E-state index in [-0.39, 0.29) is 11.8 Å². The van der Waals surface area contributed by atoms with Crippen LogP contribution >= 0.6 is 0 Å². The highest BCUT2D eigenvalue weighted by molar-refractivity contribution is 5.72. The van der Waals surface area contributed by atoms with E-state index in [0.717, 1.165) is 33.8 Å². The summed E-state index contributed by atoms with van der Waals surface area (Å²) in [5.74, 6) is 2.28. The van der Waals surface area contributed by atoms with E-state index in [1.54, 1.807) is 14.2 Å². The van der Waals surface area contributed by atoms with Crippen molar-refractivity contribution >= 4 is 11.1 Å². The Morgan fingerprint density at radius 1 is 0.667 bits per heavy atom. The van der Waals surface area contributed by atoms with Crippen LogP contribution in [-0.2, 0) is 0 Å². The highest BCUT2D eigenvalue weighted by Crippen LogP contribution is 2.35. The molecule has 0 aromatic heterocycles. The molecule has 0 N–H and O–H groups in total. The van der Waals surface area contributed by atoms with Crippen molar-refractivity contribution in [1.82, 2.24) is 0 Å². The van der Waals surface area contributed by atoms with E-state index >= 15 is 0 Å². The summed E-state index contributed by atoms with van der Waals surface area (Å²) in [6, 6.07) is 16.1. The highest BCUT2D eigenvalue weighted by Gasteiger charge is 2.20. The average molecular weight is 322 g/mol. The minimum absolute atomic E-state index is 0.285. The van der Waals surface area contributed by atoms with Gasteiger partial charge in [0.05, 0.1) is 14.2 Å². The van der Waals surface area contributed by atoms with E-state index in [9.17, 15) is 0 Å². The van der Waals surface area contributed by atoms with Crippen molar-refractivity contribution in [2.75, 3.05) is 14.2 Å². The van der Waals surface area contributed by atoms with Gasteiger partial charge >= 0.3 is 0 Å². The summed E-state index contributed by atoms with van der Waals surface area (Å²) in [4.78, 5) is 0. The standard InChI is InChI=1S/C22H26O2/c1-15(17(3)19-7-11-21(23-5)12-8-19)16(2)18(4)20-9-13-22(24-6)14-10-20/h7-16H,3-4H2,1-2,5-6H3/t15-,16-/m0/s1. The third kappa shape index (κ3) is 3.88. The van der Waals surface area contributed by atoms with Crippen molar-refractivity contribution in [3.63, 3.8) is 0 Å². The lowest BCUT2D eigenvalue weighted by molar-refractivity contribution is 0.414. The second-order valence-electron chi connectivity index (χ2n) is 6.08. The third-order valence-electron chi connectivity index (χ3n) is 4.77. The van der Waals surface area contributed by atoms with Crippen LogP contribution in [0, 0.1) is 11.8 Å². The smallest absolute Gasteiger partial charge is 0.118 e. The third-order valence-corrected chi connectivity index (χ3v) is 4.77. The lowest BCUT2D eigenvalue weighted by Gasteiger charge is -2.25. The molecule has 0 bridgehead atoms. The van der Waals surface area contributed by atoms with Crippen molar-refractivity contribution < 1.29 is 9.47 Å². The number of benzene rings is 2. The van der Waals surface area contributed by atoms with Crippen molar-refractivity contribution in [2.24, 2.45) is 11.8 Å². The van der Waals surface area contributed by atoms with Crippen molar-refractivity contribution in [3.8, 4) is 11.5 Å². The number of ether oxygens (including phenoxy) is 2. The molecule has 126 valence electrons. The topological polar surface area (TPSA) is 18.5 Å². The summed E-state index contributed by atoms with van der Waals surface area (Å²) in [5, 5.41) is 0. The van der Waals surface area contributed by atoms with Crippen molar-refractivity contribution in [3.05, 3.63) is 72.8 Å². The predicted molar refractivity (Wildman–Crippen MR) is 102 cm³/mol. The summed E-state index contributed by atoms with van der Waals surface area (Å²) in [7, 11) is 3.35. The minimum Gasteiger partial charge on any atom is -0.497 e. The zero-order chi connectivity index (χ0) is 17.7. The Bertz CT molecular complexity index is 632. The molecule has 0 saturated carbocycles. The van der Waals surface area contributed by atoms with E-state index in [0.29, 0.717) is 0 Å². The Labute approximate surface area is 145 Å². The van der Waals surface area contributed by atoms with Gasteiger partial charge < -0.3 is 9.47 Å². The second-order valence-corrected chi connectivity index (χ2v) is 6.08. The molecule has 2 aromatic carbocycles. The van der Waals surface area contributed by atoms with Crippen LogP contribution in [0.25, 0.3) is 11.1 Å². The zero-order valence-electron chi connectivity index (χ0n) is 15.0. The number of rotatable bonds is 7. The van der Waals surface area contributed by atoms with Gasteiger partial charge in [0, 0.05) is 0 Å². The van der Waals surface area contributed by atoms with Crippen LogP contribution in [0.4, 0.5) is 0 Å². The molecule has 2 nitrogen and oxygen atoms in total. The SMILES string of the molecule is C=C(c1ccc(OC)cc1)[C@@H](C)[C@H](C)C(=C)c1ccc(OC)cc1. The molecule has 0 saturated heterocycles. The molecule has 0 aliphatic rings. The first-order valence-corrected chi connectivity index (χ1v) is 8.14. The first-order chi connectivity index (χ1) is 11.5. The van der Waals surface area contributed by atoms with Gasteiger partial charge in [-0.2, -0.15) is 0 Å².